The van der Waals surface area contributed by atoms with E-state index in [-0.39, 0.29) is 10.5 Å². The fraction of sp³-hybridized carbons (Fsp3) is 0.222. The molecule has 82 valence electrons. The lowest BCUT2D eigenvalue weighted by Crippen LogP contribution is -2.17. The maximum absolute atomic E-state index is 11.2. The quantitative estimate of drug-likeness (QED) is 0.747. The van der Waals surface area contributed by atoms with Gasteiger partial charge in [-0.15, -0.1) is 0 Å². The Hall–Kier alpha value is -1.40. The van der Waals surface area contributed by atoms with Gasteiger partial charge in [-0.1, -0.05) is 0 Å². The summed E-state index contributed by atoms with van der Waals surface area (Å²) in [6, 6.07) is 2.73. The van der Waals surface area contributed by atoms with Crippen LogP contribution in [0.5, 0.6) is 0 Å². The molecule has 0 unspecified atom stereocenters. The van der Waals surface area contributed by atoms with Crippen molar-refractivity contribution in [1.82, 2.24) is 0 Å². The number of primary sulfonamides is 1. The second-order valence-corrected chi connectivity index (χ2v) is 4.86. The molecule has 0 bridgehead atoms. The molecule has 1 rings (SSSR count). The fourth-order valence-electron chi connectivity index (χ4n) is 1.26. The normalized spacial score (nSPS) is 11.4. The average molecular weight is 228 g/mol. The number of sulfonamides is 1. The Morgan fingerprint density at radius 3 is 2.20 bits per heavy atom. The minimum absolute atomic E-state index is 0.0590. The number of hydrogen-bond acceptors (Lipinski definition) is 3. The van der Waals surface area contributed by atoms with E-state index in [4.69, 9.17) is 10.9 Å². The maximum Gasteiger partial charge on any atom is 0.248 e. The molecule has 0 saturated carbocycles. The van der Waals surface area contributed by atoms with Crippen LogP contribution in [0.25, 0.3) is 0 Å². The summed E-state index contributed by atoms with van der Waals surface area (Å²) in [5.74, 6) is -0.678. The Labute approximate surface area is 88.1 Å². The number of rotatable bonds is 2. The molecule has 0 aliphatic heterocycles. The Morgan fingerprint density at radius 2 is 1.80 bits per heavy atom. The highest BCUT2D eigenvalue weighted by molar-refractivity contribution is 7.89. The third kappa shape index (κ3) is 2.34. The van der Waals surface area contributed by atoms with Crippen LogP contribution in [-0.2, 0) is 10.0 Å². The second kappa shape index (κ2) is 3.63. The minimum atomic E-state index is -3.82. The Balaban J connectivity index is 3.59. The van der Waals surface area contributed by atoms with Gasteiger partial charge in [0, 0.05) is 5.56 Å². The number of carbonyl (C=O) groups excluding carboxylic acids is 1. The summed E-state index contributed by atoms with van der Waals surface area (Å²) in [5.41, 5.74) is 6.40. The van der Waals surface area contributed by atoms with Gasteiger partial charge in [-0.25, -0.2) is 13.6 Å². The molecular weight excluding hydrogens is 216 g/mol. The van der Waals surface area contributed by atoms with Crippen LogP contribution in [0.1, 0.15) is 21.5 Å². The van der Waals surface area contributed by atoms with Gasteiger partial charge in [-0.3, -0.25) is 4.79 Å². The minimum Gasteiger partial charge on any atom is -0.366 e. The summed E-state index contributed by atoms with van der Waals surface area (Å²) in [4.78, 5) is 10.9. The lowest BCUT2D eigenvalue weighted by atomic mass is 10.1. The number of hydrogen-bond donors (Lipinski definition) is 2. The van der Waals surface area contributed by atoms with Gasteiger partial charge in [0.15, 0.2) is 0 Å². The zero-order valence-electron chi connectivity index (χ0n) is 8.44. The van der Waals surface area contributed by atoms with Crippen LogP contribution in [0.2, 0.25) is 0 Å². The van der Waals surface area contributed by atoms with E-state index in [0.717, 1.165) is 0 Å². The van der Waals surface area contributed by atoms with Gasteiger partial charge in [0.1, 0.15) is 0 Å². The molecule has 0 aliphatic rings. The van der Waals surface area contributed by atoms with Crippen molar-refractivity contribution in [2.45, 2.75) is 18.7 Å². The van der Waals surface area contributed by atoms with Crippen LogP contribution in [0.4, 0.5) is 0 Å². The van der Waals surface area contributed by atoms with E-state index in [1.54, 1.807) is 13.8 Å². The fourth-order valence-corrected chi connectivity index (χ4v) is 2.14. The van der Waals surface area contributed by atoms with Crippen LogP contribution in [-0.4, -0.2) is 14.3 Å². The smallest absolute Gasteiger partial charge is 0.248 e. The summed E-state index contributed by atoms with van der Waals surface area (Å²) in [6.45, 7) is 3.32. The van der Waals surface area contributed by atoms with Crippen molar-refractivity contribution in [1.29, 1.82) is 0 Å². The first-order chi connectivity index (χ1) is 6.73. The number of benzene rings is 1. The third-order valence-corrected chi connectivity index (χ3v) is 3.25. The molecule has 1 amide bonds. The molecular formula is C9H12N2O3S. The van der Waals surface area contributed by atoms with Crippen molar-refractivity contribution in [3.63, 3.8) is 0 Å². The Bertz CT molecular complexity index is 520. The van der Waals surface area contributed by atoms with Crippen LogP contribution in [0.15, 0.2) is 17.0 Å². The second-order valence-electron chi connectivity index (χ2n) is 3.33. The molecule has 0 aromatic heterocycles. The van der Waals surface area contributed by atoms with E-state index < -0.39 is 15.9 Å². The van der Waals surface area contributed by atoms with E-state index >= 15 is 0 Å². The lowest BCUT2D eigenvalue weighted by Gasteiger charge is -2.08. The molecule has 1 aromatic carbocycles. The SMILES string of the molecule is Cc1cc(C(N)=O)cc(S(N)(=O)=O)c1C. The summed E-state index contributed by atoms with van der Waals surface area (Å²) < 4.78 is 22.4. The van der Waals surface area contributed by atoms with Gasteiger partial charge in [-0.2, -0.15) is 0 Å². The van der Waals surface area contributed by atoms with E-state index in [1.165, 1.54) is 12.1 Å². The van der Waals surface area contributed by atoms with Gasteiger partial charge in [0.05, 0.1) is 4.90 Å². The summed E-state index contributed by atoms with van der Waals surface area (Å²) >= 11 is 0. The van der Waals surface area contributed by atoms with E-state index in [0.29, 0.717) is 11.1 Å². The highest BCUT2D eigenvalue weighted by Crippen LogP contribution is 2.19. The zero-order valence-corrected chi connectivity index (χ0v) is 9.26. The topological polar surface area (TPSA) is 103 Å². The molecule has 1 aromatic rings. The first kappa shape index (κ1) is 11.7. The molecule has 0 atom stereocenters. The number of primary amides is 1. The molecule has 0 heterocycles. The van der Waals surface area contributed by atoms with Gasteiger partial charge in [-0.05, 0) is 37.1 Å². The highest BCUT2D eigenvalue weighted by Gasteiger charge is 2.15. The molecule has 0 spiro atoms. The van der Waals surface area contributed by atoms with Crippen molar-refractivity contribution in [3.05, 3.63) is 28.8 Å². The summed E-state index contributed by atoms with van der Waals surface area (Å²) in [6.07, 6.45) is 0. The van der Waals surface area contributed by atoms with E-state index in [9.17, 15) is 13.2 Å². The van der Waals surface area contributed by atoms with Crippen molar-refractivity contribution in [2.24, 2.45) is 10.9 Å². The monoisotopic (exact) mass is 228 g/mol. The van der Waals surface area contributed by atoms with Gasteiger partial charge >= 0.3 is 0 Å². The lowest BCUT2D eigenvalue weighted by molar-refractivity contribution is 0.1000. The zero-order chi connectivity index (χ0) is 11.8. The molecule has 6 heteroatoms. The molecule has 5 nitrogen and oxygen atoms in total. The molecule has 0 radical (unpaired) electrons. The van der Waals surface area contributed by atoms with Gasteiger partial charge in [0.2, 0.25) is 15.9 Å². The number of amides is 1. The van der Waals surface area contributed by atoms with E-state index in [1.807, 2.05) is 0 Å². The van der Waals surface area contributed by atoms with Crippen molar-refractivity contribution < 1.29 is 13.2 Å². The number of aryl methyl sites for hydroxylation is 1. The van der Waals surface area contributed by atoms with Crippen LogP contribution in [0.3, 0.4) is 0 Å². The van der Waals surface area contributed by atoms with Crippen LogP contribution < -0.4 is 10.9 Å². The first-order valence-electron chi connectivity index (χ1n) is 4.17. The van der Waals surface area contributed by atoms with Gasteiger partial charge < -0.3 is 5.73 Å². The first-order valence-corrected chi connectivity index (χ1v) is 5.72. The average Bonchev–Trinajstić information content (AvgIpc) is 2.06. The van der Waals surface area contributed by atoms with Crippen molar-refractivity contribution >= 4 is 15.9 Å². The van der Waals surface area contributed by atoms with E-state index in [2.05, 4.69) is 0 Å². The van der Waals surface area contributed by atoms with Crippen molar-refractivity contribution in [2.75, 3.05) is 0 Å². The summed E-state index contributed by atoms with van der Waals surface area (Å²) in [7, 11) is -3.82. The van der Waals surface area contributed by atoms with Crippen LogP contribution >= 0.6 is 0 Å². The molecule has 15 heavy (non-hydrogen) atoms. The van der Waals surface area contributed by atoms with Gasteiger partial charge in [0.25, 0.3) is 0 Å². The largest absolute Gasteiger partial charge is 0.366 e. The Kier molecular flexibility index (Phi) is 2.83. The molecule has 0 fully saturated rings. The summed E-state index contributed by atoms with van der Waals surface area (Å²) in [5, 5.41) is 5.02. The molecule has 0 aliphatic carbocycles. The maximum atomic E-state index is 11.2. The number of carbonyl (C=O) groups is 1. The van der Waals surface area contributed by atoms with Crippen LogP contribution in [0, 0.1) is 13.8 Å². The number of nitrogens with two attached hydrogens (primary N) is 2. The predicted octanol–water partition coefficient (Wildman–Crippen LogP) is 0.0497. The standard InChI is InChI=1S/C9H12N2O3S/c1-5-3-7(9(10)12)4-8(6(5)2)15(11,13)14/h3-4H,1-2H3,(H2,10,12)(H2,11,13,14). The Morgan fingerprint density at radius 1 is 1.27 bits per heavy atom. The highest BCUT2D eigenvalue weighted by atomic mass is 32.2. The molecule has 4 N–H and O–H groups in total. The van der Waals surface area contributed by atoms with Crippen molar-refractivity contribution in [3.8, 4) is 0 Å². The molecule has 0 saturated heterocycles. The predicted molar refractivity (Wildman–Crippen MR) is 55.8 cm³/mol. The third-order valence-electron chi connectivity index (χ3n) is 2.21.